The number of carbonyl (C=O) groups is 1. The van der Waals surface area contributed by atoms with Crippen LogP contribution in [0.1, 0.15) is 30.8 Å². The fourth-order valence-corrected chi connectivity index (χ4v) is 4.33. The van der Waals surface area contributed by atoms with Gasteiger partial charge in [0.15, 0.2) is 5.82 Å². The van der Waals surface area contributed by atoms with E-state index >= 15 is 0 Å². The van der Waals surface area contributed by atoms with Crippen molar-refractivity contribution in [3.05, 3.63) is 79.2 Å². The van der Waals surface area contributed by atoms with Crippen molar-refractivity contribution in [3.63, 3.8) is 0 Å². The maximum absolute atomic E-state index is 13.4. The molecule has 2 aromatic carbocycles. The van der Waals surface area contributed by atoms with Crippen LogP contribution < -0.4 is 10.6 Å². The zero-order valence-corrected chi connectivity index (χ0v) is 20.5. The van der Waals surface area contributed by atoms with E-state index in [-0.39, 0.29) is 12.5 Å². The average Bonchev–Trinajstić information content (AvgIpc) is 3.15. The minimum absolute atomic E-state index is 0.0767. The van der Waals surface area contributed by atoms with Gasteiger partial charge in [0.25, 0.3) is 5.91 Å². The summed E-state index contributed by atoms with van der Waals surface area (Å²) in [5.74, 6) is 1.01. The van der Waals surface area contributed by atoms with Gasteiger partial charge in [-0.15, -0.1) is 0 Å². The van der Waals surface area contributed by atoms with E-state index in [1.807, 2.05) is 55.5 Å². The summed E-state index contributed by atoms with van der Waals surface area (Å²) >= 11 is 5.77. The second-order valence-electron chi connectivity index (χ2n) is 7.21. The summed E-state index contributed by atoms with van der Waals surface area (Å²) in [6, 6.07) is 15.1. The lowest BCUT2D eigenvalue weighted by atomic mass is 9.95. The first-order chi connectivity index (χ1) is 15.0. The highest BCUT2D eigenvalue weighted by Crippen LogP contribution is 2.36. The second-order valence-corrected chi connectivity index (χ2v) is 9.37. The molecule has 1 aliphatic heterocycles. The predicted octanol–water partition coefficient (Wildman–Crippen LogP) is 4.50. The molecule has 1 aromatic heterocycles. The highest BCUT2D eigenvalue weighted by Gasteiger charge is 2.34. The zero-order chi connectivity index (χ0) is 22.0. The number of hydrogen-bond donors (Lipinski definition) is 3. The molecule has 0 saturated heterocycles. The van der Waals surface area contributed by atoms with Crippen LogP contribution in [0.4, 0.5) is 11.6 Å². The summed E-state index contributed by atoms with van der Waals surface area (Å²) in [5, 5.41) is 20.1. The Hall–Kier alpha value is -2.24. The van der Waals surface area contributed by atoms with Crippen molar-refractivity contribution in [2.75, 3.05) is 17.2 Å². The number of benzene rings is 2. The lowest BCUT2D eigenvalue weighted by Crippen LogP contribution is -2.31. The number of nitrogens with zero attached hydrogens (tertiary/aromatic N) is 3. The number of fused-ring (bicyclic) bond motifs is 1. The van der Waals surface area contributed by atoms with Crippen molar-refractivity contribution in [1.82, 2.24) is 14.8 Å². The van der Waals surface area contributed by atoms with E-state index in [9.17, 15) is 4.79 Å². The van der Waals surface area contributed by atoms with E-state index in [4.69, 9.17) is 5.11 Å². The standard InChI is InChI=1S/C22H21BrIN5O2/c1-13-19(21(31)26-17-9-7-16(24)8-10-17)20(14-4-2-5-15(23)12-14)29-22(25-13)27-18(28-29)6-3-11-30/h2,4-5,7-10,12,20,30H,3,6,11H2,1H3,(H,26,31)(H,25,27,28). The zero-order valence-electron chi connectivity index (χ0n) is 16.8. The monoisotopic (exact) mass is 593 g/mol. The second kappa shape index (κ2) is 9.49. The Kier molecular flexibility index (Phi) is 6.73. The SMILES string of the molecule is CC1=C(C(=O)Nc2ccc(I)cc2)C(c2cccc(Br)c2)n2nc(CCCO)nc2N1. The summed E-state index contributed by atoms with van der Waals surface area (Å²) in [7, 11) is 0. The first-order valence-corrected chi connectivity index (χ1v) is 11.7. The van der Waals surface area contributed by atoms with Crippen LogP contribution in [0.2, 0.25) is 0 Å². The topological polar surface area (TPSA) is 92.1 Å². The number of allylic oxidation sites excluding steroid dienone is 1. The van der Waals surface area contributed by atoms with Gasteiger partial charge in [0.1, 0.15) is 6.04 Å². The predicted molar refractivity (Wildman–Crippen MR) is 132 cm³/mol. The van der Waals surface area contributed by atoms with Gasteiger partial charge in [-0.05, 0) is 77.9 Å². The number of carbonyl (C=O) groups excluding carboxylic acids is 1. The van der Waals surface area contributed by atoms with E-state index < -0.39 is 6.04 Å². The van der Waals surface area contributed by atoms with Gasteiger partial charge in [0, 0.05) is 32.5 Å². The quantitative estimate of drug-likeness (QED) is 0.366. The molecule has 0 spiro atoms. The number of rotatable bonds is 6. The summed E-state index contributed by atoms with van der Waals surface area (Å²) in [5.41, 5.74) is 2.94. The van der Waals surface area contributed by atoms with Crippen molar-refractivity contribution in [3.8, 4) is 0 Å². The minimum atomic E-state index is -0.437. The van der Waals surface area contributed by atoms with E-state index in [0.717, 1.165) is 25.0 Å². The van der Waals surface area contributed by atoms with E-state index in [1.54, 1.807) is 4.68 Å². The lowest BCUT2D eigenvalue weighted by molar-refractivity contribution is -0.113. The van der Waals surface area contributed by atoms with Crippen LogP contribution in [-0.4, -0.2) is 32.4 Å². The van der Waals surface area contributed by atoms with Gasteiger partial charge in [-0.3, -0.25) is 4.79 Å². The normalized spacial score (nSPS) is 15.4. The van der Waals surface area contributed by atoms with Crippen molar-refractivity contribution in [1.29, 1.82) is 0 Å². The third kappa shape index (κ3) is 4.83. The Morgan fingerprint density at radius 1 is 1.29 bits per heavy atom. The molecule has 0 radical (unpaired) electrons. The summed E-state index contributed by atoms with van der Waals surface area (Å²) < 4.78 is 3.77. The molecule has 1 amide bonds. The smallest absolute Gasteiger partial charge is 0.255 e. The molecule has 0 bridgehead atoms. The van der Waals surface area contributed by atoms with Gasteiger partial charge in [-0.1, -0.05) is 28.1 Å². The van der Waals surface area contributed by atoms with Gasteiger partial charge in [-0.2, -0.15) is 10.1 Å². The third-order valence-electron chi connectivity index (χ3n) is 4.97. The van der Waals surface area contributed by atoms with Crippen LogP contribution >= 0.6 is 38.5 Å². The molecule has 9 heteroatoms. The van der Waals surface area contributed by atoms with Crippen LogP contribution in [0.3, 0.4) is 0 Å². The van der Waals surface area contributed by atoms with Gasteiger partial charge < -0.3 is 15.7 Å². The number of anilines is 2. The number of nitrogens with one attached hydrogen (secondary N) is 2. The minimum Gasteiger partial charge on any atom is -0.396 e. The molecule has 31 heavy (non-hydrogen) atoms. The Balaban J connectivity index is 1.75. The molecule has 1 unspecified atom stereocenters. The highest BCUT2D eigenvalue weighted by molar-refractivity contribution is 14.1. The molecule has 3 aromatic rings. The van der Waals surface area contributed by atoms with Crippen LogP contribution in [0.15, 0.2) is 64.3 Å². The summed E-state index contributed by atoms with van der Waals surface area (Å²) in [4.78, 5) is 18.0. The Morgan fingerprint density at radius 3 is 2.77 bits per heavy atom. The van der Waals surface area contributed by atoms with Crippen molar-refractivity contribution < 1.29 is 9.90 Å². The molecule has 4 rings (SSSR count). The van der Waals surface area contributed by atoms with Crippen molar-refractivity contribution in [2.45, 2.75) is 25.8 Å². The Labute approximate surface area is 202 Å². The van der Waals surface area contributed by atoms with Gasteiger partial charge >= 0.3 is 0 Å². The maximum atomic E-state index is 13.4. The molecule has 1 aliphatic rings. The molecular formula is C22H21BrIN5O2. The van der Waals surface area contributed by atoms with Crippen LogP contribution in [0.25, 0.3) is 0 Å². The average molecular weight is 594 g/mol. The number of amides is 1. The highest BCUT2D eigenvalue weighted by atomic mass is 127. The van der Waals surface area contributed by atoms with Crippen molar-refractivity contribution >= 4 is 56.1 Å². The van der Waals surface area contributed by atoms with Crippen molar-refractivity contribution in [2.24, 2.45) is 0 Å². The Morgan fingerprint density at radius 2 is 2.06 bits per heavy atom. The fourth-order valence-electron chi connectivity index (χ4n) is 3.55. The maximum Gasteiger partial charge on any atom is 0.255 e. The molecule has 0 saturated carbocycles. The van der Waals surface area contributed by atoms with Crippen LogP contribution in [0, 0.1) is 3.57 Å². The van der Waals surface area contributed by atoms with E-state index in [0.29, 0.717) is 30.2 Å². The molecule has 0 fully saturated rings. The third-order valence-corrected chi connectivity index (χ3v) is 6.18. The largest absolute Gasteiger partial charge is 0.396 e. The number of aryl methyl sites for hydroxylation is 1. The fraction of sp³-hybridized carbons (Fsp3) is 0.227. The number of aromatic nitrogens is 3. The molecule has 3 N–H and O–H groups in total. The Bertz CT molecular complexity index is 1140. The number of aliphatic hydroxyl groups is 1. The number of halogens is 2. The number of hydrogen-bond acceptors (Lipinski definition) is 5. The molecule has 1 atom stereocenters. The van der Waals surface area contributed by atoms with Gasteiger partial charge in [-0.25, -0.2) is 4.68 Å². The molecule has 2 heterocycles. The van der Waals surface area contributed by atoms with Crippen LogP contribution in [-0.2, 0) is 11.2 Å². The van der Waals surface area contributed by atoms with Gasteiger partial charge in [0.2, 0.25) is 5.95 Å². The number of aliphatic hydroxyl groups excluding tert-OH is 1. The lowest BCUT2D eigenvalue weighted by Gasteiger charge is -2.28. The molecular weight excluding hydrogens is 573 g/mol. The first kappa shape index (κ1) is 22.0. The molecule has 160 valence electrons. The van der Waals surface area contributed by atoms with Crippen LogP contribution in [0.5, 0.6) is 0 Å². The summed E-state index contributed by atoms with van der Waals surface area (Å²) in [6.07, 6.45) is 1.14. The first-order valence-electron chi connectivity index (χ1n) is 9.82. The molecule has 7 nitrogen and oxygen atoms in total. The summed E-state index contributed by atoms with van der Waals surface area (Å²) in [6.45, 7) is 1.95. The molecule has 0 aliphatic carbocycles. The van der Waals surface area contributed by atoms with E-state index in [1.165, 1.54) is 0 Å². The van der Waals surface area contributed by atoms with E-state index in [2.05, 4.69) is 59.2 Å². The van der Waals surface area contributed by atoms with Gasteiger partial charge in [0.05, 0.1) is 5.57 Å².